The smallest absolute Gasteiger partial charge is 0.188 e. The molecule has 18 heavy (non-hydrogen) atoms. The molecule has 1 aliphatic rings. The summed E-state index contributed by atoms with van der Waals surface area (Å²) in [5, 5.41) is 11.9. The zero-order valence-corrected chi connectivity index (χ0v) is 10.2. The number of methoxy groups -OCH3 is 1. The summed E-state index contributed by atoms with van der Waals surface area (Å²) in [6, 6.07) is 5.94. The van der Waals surface area contributed by atoms with Gasteiger partial charge >= 0.3 is 0 Å². The highest BCUT2D eigenvalue weighted by atomic mass is 16.5. The van der Waals surface area contributed by atoms with Crippen molar-refractivity contribution in [1.82, 2.24) is 20.2 Å². The van der Waals surface area contributed by atoms with Crippen LogP contribution in [0, 0.1) is 0 Å². The SMILES string of the molecule is COc1cccc(N)c1-c1nnnn1C1CCC1. The van der Waals surface area contributed by atoms with Crippen molar-refractivity contribution in [3.05, 3.63) is 18.2 Å². The summed E-state index contributed by atoms with van der Waals surface area (Å²) in [6.07, 6.45) is 3.46. The molecule has 1 heterocycles. The molecule has 2 N–H and O–H groups in total. The molecule has 0 bridgehead atoms. The van der Waals surface area contributed by atoms with Crippen molar-refractivity contribution in [1.29, 1.82) is 0 Å². The predicted molar refractivity (Wildman–Crippen MR) is 67.1 cm³/mol. The van der Waals surface area contributed by atoms with Gasteiger partial charge in [0.25, 0.3) is 0 Å². The lowest BCUT2D eigenvalue weighted by molar-refractivity contribution is 0.287. The lowest BCUT2D eigenvalue weighted by Gasteiger charge is -2.26. The molecule has 1 aromatic carbocycles. The van der Waals surface area contributed by atoms with E-state index in [4.69, 9.17) is 10.5 Å². The van der Waals surface area contributed by atoms with Crippen LogP contribution in [0.3, 0.4) is 0 Å². The van der Waals surface area contributed by atoms with Crippen molar-refractivity contribution in [2.45, 2.75) is 25.3 Å². The quantitative estimate of drug-likeness (QED) is 0.832. The first kappa shape index (κ1) is 11.0. The second kappa shape index (κ2) is 4.29. The Morgan fingerprint density at radius 2 is 2.22 bits per heavy atom. The fourth-order valence-corrected chi connectivity index (χ4v) is 2.19. The number of nitrogen functional groups attached to an aromatic ring is 1. The van der Waals surface area contributed by atoms with Gasteiger partial charge in [0.15, 0.2) is 5.82 Å². The van der Waals surface area contributed by atoms with E-state index < -0.39 is 0 Å². The fraction of sp³-hybridized carbons (Fsp3) is 0.417. The molecule has 1 aromatic heterocycles. The number of hydrogen-bond donors (Lipinski definition) is 1. The first-order valence-corrected chi connectivity index (χ1v) is 6.02. The molecule has 94 valence electrons. The third-order valence-electron chi connectivity index (χ3n) is 3.42. The van der Waals surface area contributed by atoms with Crippen molar-refractivity contribution < 1.29 is 4.74 Å². The van der Waals surface area contributed by atoms with Gasteiger partial charge in [-0.2, -0.15) is 0 Å². The van der Waals surface area contributed by atoms with Gasteiger partial charge in [-0.3, -0.25) is 0 Å². The molecule has 1 fully saturated rings. The Morgan fingerprint density at radius 1 is 1.39 bits per heavy atom. The minimum Gasteiger partial charge on any atom is -0.496 e. The van der Waals surface area contributed by atoms with Crippen molar-refractivity contribution in [2.75, 3.05) is 12.8 Å². The average Bonchev–Trinajstić information content (AvgIpc) is 2.75. The highest BCUT2D eigenvalue weighted by Gasteiger charge is 2.26. The van der Waals surface area contributed by atoms with E-state index >= 15 is 0 Å². The van der Waals surface area contributed by atoms with Crippen LogP contribution < -0.4 is 10.5 Å². The number of hydrogen-bond acceptors (Lipinski definition) is 5. The molecule has 6 heteroatoms. The van der Waals surface area contributed by atoms with E-state index in [1.807, 2.05) is 22.9 Å². The minimum absolute atomic E-state index is 0.388. The van der Waals surface area contributed by atoms with Crippen LogP contribution in [0.1, 0.15) is 25.3 Å². The molecule has 0 radical (unpaired) electrons. The predicted octanol–water partition coefficient (Wildman–Crippen LogP) is 1.66. The van der Waals surface area contributed by atoms with Crippen LogP contribution in [0.4, 0.5) is 5.69 Å². The summed E-state index contributed by atoms with van der Waals surface area (Å²) in [4.78, 5) is 0. The lowest BCUT2D eigenvalue weighted by Crippen LogP contribution is -2.19. The standard InChI is InChI=1S/C12H15N5O/c1-18-10-7-3-6-9(13)11(10)12-14-15-16-17(12)8-4-2-5-8/h3,6-8H,2,4-5,13H2,1H3. The van der Waals surface area contributed by atoms with Crippen LogP contribution in [0.5, 0.6) is 5.75 Å². The number of nitrogens with zero attached hydrogens (tertiary/aromatic N) is 4. The Hall–Kier alpha value is -2.11. The van der Waals surface area contributed by atoms with Crippen LogP contribution in [0.15, 0.2) is 18.2 Å². The number of nitrogens with two attached hydrogens (primary N) is 1. The number of rotatable bonds is 3. The van der Waals surface area contributed by atoms with E-state index in [1.54, 1.807) is 7.11 Å². The molecule has 1 aliphatic carbocycles. The third-order valence-corrected chi connectivity index (χ3v) is 3.42. The zero-order valence-electron chi connectivity index (χ0n) is 10.2. The number of aromatic nitrogens is 4. The molecule has 0 atom stereocenters. The van der Waals surface area contributed by atoms with Crippen LogP contribution in [-0.4, -0.2) is 27.3 Å². The first-order chi connectivity index (χ1) is 8.81. The normalized spacial score (nSPS) is 15.4. The second-order valence-electron chi connectivity index (χ2n) is 4.46. The van der Waals surface area contributed by atoms with Gasteiger partial charge in [-0.05, 0) is 41.8 Å². The molecular weight excluding hydrogens is 230 g/mol. The van der Waals surface area contributed by atoms with Crippen molar-refractivity contribution in [2.24, 2.45) is 0 Å². The Labute approximate surface area is 105 Å². The fourth-order valence-electron chi connectivity index (χ4n) is 2.19. The second-order valence-corrected chi connectivity index (χ2v) is 4.46. The number of benzene rings is 1. The molecule has 1 saturated carbocycles. The van der Waals surface area contributed by atoms with Gasteiger partial charge in [-0.25, -0.2) is 4.68 Å². The van der Waals surface area contributed by atoms with Gasteiger partial charge in [0, 0.05) is 5.69 Å². The summed E-state index contributed by atoms with van der Waals surface area (Å²) < 4.78 is 7.21. The maximum Gasteiger partial charge on any atom is 0.188 e. The molecule has 0 aliphatic heterocycles. The van der Waals surface area contributed by atoms with E-state index in [9.17, 15) is 0 Å². The van der Waals surface area contributed by atoms with Crippen LogP contribution in [-0.2, 0) is 0 Å². The summed E-state index contributed by atoms with van der Waals surface area (Å²) in [5.41, 5.74) is 7.43. The lowest BCUT2D eigenvalue weighted by atomic mass is 9.93. The monoisotopic (exact) mass is 245 g/mol. The van der Waals surface area contributed by atoms with Crippen LogP contribution >= 0.6 is 0 Å². The largest absolute Gasteiger partial charge is 0.496 e. The van der Waals surface area contributed by atoms with Crippen LogP contribution in [0.2, 0.25) is 0 Å². The van der Waals surface area contributed by atoms with E-state index in [2.05, 4.69) is 15.5 Å². The molecule has 6 nitrogen and oxygen atoms in total. The highest BCUT2D eigenvalue weighted by molar-refractivity contribution is 5.77. The van der Waals surface area contributed by atoms with Gasteiger partial charge in [-0.1, -0.05) is 6.07 Å². The maximum atomic E-state index is 6.03. The minimum atomic E-state index is 0.388. The Balaban J connectivity index is 2.12. The number of ether oxygens (including phenoxy) is 1. The van der Waals surface area contributed by atoms with Gasteiger partial charge in [-0.15, -0.1) is 5.10 Å². The zero-order chi connectivity index (χ0) is 12.5. The number of tetrazole rings is 1. The van der Waals surface area contributed by atoms with Crippen LogP contribution in [0.25, 0.3) is 11.4 Å². The Kier molecular flexibility index (Phi) is 2.62. The maximum absolute atomic E-state index is 6.03. The van der Waals surface area contributed by atoms with E-state index in [0.29, 0.717) is 23.3 Å². The van der Waals surface area contributed by atoms with Gasteiger partial charge in [0.2, 0.25) is 0 Å². The molecule has 0 unspecified atom stereocenters. The average molecular weight is 245 g/mol. The van der Waals surface area contributed by atoms with E-state index in [1.165, 1.54) is 6.42 Å². The molecule has 2 aromatic rings. The Bertz CT molecular complexity index is 561. The summed E-state index contributed by atoms with van der Waals surface area (Å²) in [6.45, 7) is 0. The summed E-state index contributed by atoms with van der Waals surface area (Å²) in [5.74, 6) is 1.39. The van der Waals surface area contributed by atoms with Gasteiger partial charge in [0.05, 0.1) is 18.7 Å². The Morgan fingerprint density at radius 3 is 2.89 bits per heavy atom. The highest BCUT2D eigenvalue weighted by Crippen LogP contribution is 2.38. The van der Waals surface area contributed by atoms with Gasteiger partial charge < -0.3 is 10.5 Å². The molecule has 0 spiro atoms. The van der Waals surface area contributed by atoms with Gasteiger partial charge in [0.1, 0.15) is 5.75 Å². The van der Waals surface area contributed by atoms with E-state index in [0.717, 1.165) is 18.4 Å². The molecule has 0 saturated heterocycles. The topological polar surface area (TPSA) is 78.8 Å². The number of anilines is 1. The van der Waals surface area contributed by atoms with E-state index in [-0.39, 0.29) is 0 Å². The molecule has 3 rings (SSSR count). The van der Waals surface area contributed by atoms with Crippen molar-refractivity contribution >= 4 is 5.69 Å². The summed E-state index contributed by atoms with van der Waals surface area (Å²) in [7, 11) is 1.62. The first-order valence-electron chi connectivity index (χ1n) is 6.02. The van der Waals surface area contributed by atoms with Crippen molar-refractivity contribution in [3.8, 4) is 17.1 Å². The molecular formula is C12H15N5O. The third kappa shape index (κ3) is 1.61. The summed E-state index contributed by atoms with van der Waals surface area (Å²) >= 11 is 0. The van der Waals surface area contributed by atoms with Crippen molar-refractivity contribution in [3.63, 3.8) is 0 Å². The molecule has 0 amide bonds.